The number of hydrogen-bond acceptors (Lipinski definition) is 2. The van der Waals surface area contributed by atoms with E-state index in [-0.39, 0.29) is 18.6 Å². The SMILES string of the molecule is Cc1ccc2c(c1)CC(CC(CO)c1ccccc1)O2. The van der Waals surface area contributed by atoms with Crippen molar-refractivity contribution in [3.63, 3.8) is 0 Å². The van der Waals surface area contributed by atoms with Crippen LogP contribution < -0.4 is 4.74 Å². The molecule has 0 saturated heterocycles. The summed E-state index contributed by atoms with van der Waals surface area (Å²) in [6.07, 6.45) is 1.97. The van der Waals surface area contributed by atoms with E-state index in [1.165, 1.54) is 16.7 Å². The van der Waals surface area contributed by atoms with E-state index in [2.05, 4.69) is 37.3 Å². The van der Waals surface area contributed by atoms with Crippen molar-refractivity contribution in [2.75, 3.05) is 6.61 Å². The molecule has 2 unspecified atom stereocenters. The number of hydrogen-bond donors (Lipinski definition) is 1. The first-order chi connectivity index (χ1) is 9.76. The van der Waals surface area contributed by atoms with Gasteiger partial charge in [0, 0.05) is 12.3 Å². The van der Waals surface area contributed by atoms with Crippen molar-refractivity contribution in [2.24, 2.45) is 0 Å². The van der Waals surface area contributed by atoms with Crippen LogP contribution in [0.1, 0.15) is 29.0 Å². The second-order valence-corrected chi connectivity index (χ2v) is 5.58. The van der Waals surface area contributed by atoms with E-state index >= 15 is 0 Å². The molecular formula is C18H20O2. The van der Waals surface area contributed by atoms with Gasteiger partial charge >= 0.3 is 0 Å². The average molecular weight is 268 g/mol. The van der Waals surface area contributed by atoms with Crippen molar-refractivity contribution >= 4 is 0 Å². The van der Waals surface area contributed by atoms with Crippen LogP contribution in [0.3, 0.4) is 0 Å². The van der Waals surface area contributed by atoms with Crippen LogP contribution in [0.5, 0.6) is 5.75 Å². The molecule has 1 aliphatic rings. The first-order valence-corrected chi connectivity index (χ1v) is 7.18. The number of benzene rings is 2. The van der Waals surface area contributed by atoms with Gasteiger partial charge in [-0.05, 0) is 30.5 Å². The van der Waals surface area contributed by atoms with E-state index in [0.29, 0.717) is 0 Å². The number of aryl methyl sites for hydroxylation is 1. The van der Waals surface area contributed by atoms with Gasteiger partial charge in [-0.15, -0.1) is 0 Å². The van der Waals surface area contributed by atoms with Gasteiger partial charge in [0.25, 0.3) is 0 Å². The second-order valence-electron chi connectivity index (χ2n) is 5.58. The summed E-state index contributed by atoms with van der Waals surface area (Å²) in [6, 6.07) is 16.5. The minimum absolute atomic E-state index is 0.150. The van der Waals surface area contributed by atoms with Gasteiger partial charge in [0.1, 0.15) is 11.9 Å². The Morgan fingerprint density at radius 1 is 1.20 bits per heavy atom. The fourth-order valence-corrected chi connectivity index (χ4v) is 2.94. The van der Waals surface area contributed by atoms with E-state index in [0.717, 1.165) is 18.6 Å². The molecule has 0 saturated carbocycles. The van der Waals surface area contributed by atoms with Gasteiger partial charge in [0.15, 0.2) is 0 Å². The smallest absolute Gasteiger partial charge is 0.123 e. The van der Waals surface area contributed by atoms with Crippen molar-refractivity contribution in [3.05, 3.63) is 65.2 Å². The summed E-state index contributed by atoms with van der Waals surface area (Å²) >= 11 is 0. The first kappa shape index (κ1) is 13.2. The molecule has 3 rings (SSSR count). The lowest BCUT2D eigenvalue weighted by Crippen LogP contribution is -2.19. The molecule has 0 aliphatic carbocycles. The lowest BCUT2D eigenvalue weighted by atomic mass is 9.92. The Labute approximate surface area is 120 Å². The molecule has 0 amide bonds. The van der Waals surface area contributed by atoms with Crippen molar-refractivity contribution in [2.45, 2.75) is 31.8 Å². The zero-order valence-corrected chi connectivity index (χ0v) is 11.8. The number of ether oxygens (including phenoxy) is 1. The maximum absolute atomic E-state index is 9.65. The zero-order chi connectivity index (χ0) is 13.9. The van der Waals surface area contributed by atoms with E-state index in [9.17, 15) is 5.11 Å². The number of aliphatic hydroxyl groups excluding tert-OH is 1. The molecule has 0 bridgehead atoms. The van der Waals surface area contributed by atoms with Crippen LogP contribution in [0.25, 0.3) is 0 Å². The molecule has 20 heavy (non-hydrogen) atoms. The summed E-state index contributed by atoms with van der Waals surface area (Å²) in [4.78, 5) is 0. The van der Waals surface area contributed by atoms with Crippen molar-refractivity contribution in [3.8, 4) is 5.75 Å². The molecule has 2 atom stereocenters. The van der Waals surface area contributed by atoms with Gasteiger partial charge in [0.05, 0.1) is 6.61 Å². The summed E-state index contributed by atoms with van der Waals surface area (Å²) in [6.45, 7) is 2.27. The summed E-state index contributed by atoms with van der Waals surface area (Å²) in [5.74, 6) is 1.15. The van der Waals surface area contributed by atoms with Crippen LogP contribution in [0.2, 0.25) is 0 Å². The maximum atomic E-state index is 9.65. The van der Waals surface area contributed by atoms with Gasteiger partial charge in [-0.3, -0.25) is 0 Å². The topological polar surface area (TPSA) is 29.5 Å². The van der Waals surface area contributed by atoms with E-state index in [1.54, 1.807) is 0 Å². The second kappa shape index (κ2) is 5.68. The highest BCUT2D eigenvalue weighted by atomic mass is 16.5. The number of fused-ring (bicyclic) bond motifs is 1. The van der Waals surface area contributed by atoms with Crippen LogP contribution in [0, 0.1) is 6.92 Å². The number of rotatable bonds is 4. The molecule has 0 spiro atoms. The van der Waals surface area contributed by atoms with Crippen molar-refractivity contribution in [1.29, 1.82) is 0 Å². The third-order valence-electron chi connectivity index (χ3n) is 4.00. The predicted octanol–water partition coefficient (Wildman–Crippen LogP) is 3.46. The highest BCUT2D eigenvalue weighted by Gasteiger charge is 2.26. The van der Waals surface area contributed by atoms with Gasteiger partial charge < -0.3 is 9.84 Å². The Morgan fingerprint density at radius 3 is 2.75 bits per heavy atom. The molecule has 2 nitrogen and oxygen atoms in total. The normalized spacial score (nSPS) is 18.4. The molecule has 2 aromatic rings. The summed E-state index contributed by atoms with van der Waals surface area (Å²) < 4.78 is 6.00. The minimum atomic E-state index is 0.150. The maximum Gasteiger partial charge on any atom is 0.123 e. The standard InChI is InChI=1S/C18H20O2/c1-13-7-8-18-15(9-13)10-17(20-18)11-16(12-19)14-5-3-2-4-6-14/h2-9,16-17,19H,10-12H2,1H3. The molecule has 2 aromatic carbocycles. The fraction of sp³-hybridized carbons (Fsp3) is 0.333. The van der Waals surface area contributed by atoms with Crippen LogP contribution in [0.15, 0.2) is 48.5 Å². The van der Waals surface area contributed by atoms with E-state index in [4.69, 9.17) is 4.74 Å². The van der Waals surface area contributed by atoms with Crippen molar-refractivity contribution < 1.29 is 9.84 Å². The average Bonchev–Trinajstić information content (AvgIpc) is 2.87. The molecule has 1 aliphatic heterocycles. The third kappa shape index (κ3) is 2.70. The quantitative estimate of drug-likeness (QED) is 0.920. The predicted molar refractivity (Wildman–Crippen MR) is 80.2 cm³/mol. The number of aliphatic hydroxyl groups is 1. The van der Waals surface area contributed by atoms with Crippen LogP contribution in [-0.4, -0.2) is 17.8 Å². The molecule has 1 N–H and O–H groups in total. The van der Waals surface area contributed by atoms with Gasteiger partial charge in [-0.1, -0.05) is 48.0 Å². The van der Waals surface area contributed by atoms with Gasteiger partial charge in [-0.25, -0.2) is 0 Å². The molecule has 2 heteroatoms. The first-order valence-electron chi connectivity index (χ1n) is 7.18. The molecule has 1 heterocycles. The van der Waals surface area contributed by atoms with Crippen LogP contribution in [-0.2, 0) is 6.42 Å². The Balaban J connectivity index is 1.70. The van der Waals surface area contributed by atoms with E-state index in [1.807, 2.05) is 18.2 Å². The Kier molecular flexibility index (Phi) is 3.75. The lowest BCUT2D eigenvalue weighted by Gasteiger charge is -2.19. The van der Waals surface area contributed by atoms with Crippen molar-refractivity contribution in [1.82, 2.24) is 0 Å². The van der Waals surface area contributed by atoms with Crippen LogP contribution in [0.4, 0.5) is 0 Å². The highest BCUT2D eigenvalue weighted by molar-refractivity contribution is 5.40. The Morgan fingerprint density at radius 2 is 2.00 bits per heavy atom. The van der Waals surface area contributed by atoms with Gasteiger partial charge in [-0.2, -0.15) is 0 Å². The fourth-order valence-electron chi connectivity index (χ4n) is 2.94. The Hall–Kier alpha value is -1.80. The summed E-state index contributed by atoms with van der Waals surface area (Å²) in [5, 5.41) is 9.65. The van der Waals surface area contributed by atoms with Gasteiger partial charge in [0.2, 0.25) is 0 Å². The van der Waals surface area contributed by atoms with Crippen LogP contribution >= 0.6 is 0 Å². The lowest BCUT2D eigenvalue weighted by molar-refractivity contribution is 0.179. The van der Waals surface area contributed by atoms with E-state index < -0.39 is 0 Å². The summed E-state index contributed by atoms with van der Waals surface area (Å²) in [5.41, 5.74) is 3.75. The minimum Gasteiger partial charge on any atom is -0.490 e. The molecule has 0 fully saturated rings. The molecular weight excluding hydrogens is 248 g/mol. The molecule has 0 aromatic heterocycles. The third-order valence-corrected chi connectivity index (χ3v) is 4.00. The zero-order valence-electron chi connectivity index (χ0n) is 11.8. The summed E-state index contributed by atoms with van der Waals surface area (Å²) in [7, 11) is 0. The molecule has 0 radical (unpaired) electrons. The largest absolute Gasteiger partial charge is 0.490 e. The highest BCUT2D eigenvalue weighted by Crippen LogP contribution is 2.33. The monoisotopic (exact) mass is 268 g/mol. The Bertz CT molecular complexity index is 577. The molecule has 104 valence electrons.